The van der Waals surface area contributed by atoms with Crippen molar-refractivity contribution in [1.82, 2.24) is 4.90 Å². The second-order valence-corrected chi connectivity index (χ2v) is 7.00. The summed E-state index contributed by atoms with van der Waals surface area (Å²) in [6, 6.07) is 2.36. The van der Waals surface area contributed by atoms with E-state index in [2.05, 4.69) is 0 Å². The Morgan fingerprint density at radius 3 is 2.29 bits per heavy atom. The summed E-state index contributed by atoms with van der Waals surface area (Å²) in [4.78, 5) is 13.9. The number of amides is 1. The molecule has 0 radical (unpaired) electrons. The Labute approximate surface area is 135 Å². The number of carbonyl (C=O) groups is 1. The molecule has 21 heavy (non-hydrogen) atoms. The van der Waals surface area contributed by atoms with Crippen molar-refractivity contribution >= 4 is 39.1 Å². The van der Waals surface area contributed by atoms with E-state index in [4.69, 9.17) is 28.3 Å². The summed E-state index contributed by atoms with van der Waals surface area (Å²) in [5, 5.41) is 5.08. The van der Waals surface area contributed by atoms with Crippen molar-refractivity contribution < 1.29 is 13.2 Å². The van der Waals surface area contributed by atoms with Crippen LogP contribution in [0.15, 0.2) is 17.0 Å². The summed E-state index contributed by atoms with van der Waals surface area (Å²) in [5.74, 6) is -0.349. The molecule has 1 rings (SSSR count). The summed E-state index contributed by atoms with van der Waals surface area (Å²) < 4.78 is 23.0. The van der Waals surface area contributed by atoms with E-state index in [1.54, 1.807) is 4.90 Å². The first-order valence-corrected chi connectivity index (χ1v) is 8.76. The van der Waals surface area contributed by atoms with Crippen LogP contribution in [-0.2, 0) is 10.0 Å². The third-order valence-corrected chi connectivity index (χ3v) is 4.97. The van der Waals surface area contributed by atoms with Gasteiger partial charge < -0.3 is 4.90 Å². The Balaban J connectivity index is 3.40. The van der Waals surface area contributed by atoms with Crippen LogP contribution in [0.5, 0.6) is 0 Å². The van der Waals surface area contributed by atoms with Crippen LogP contribution in [-0.4, -0.2) is 31.8 Å². The van der Waals surface area contributed by atoms with Gasteiger partial charge in [-0.3, -0.25) is 4.79 Å². The summed E-state index contributed by atoms with van der Waals surface area (Å²) in [7, 11) is -4.03. The monoisotopic (exact) mass is 352 g/mol. The van der Waals surface area contributed by atoms with Gasteiger partial charge in [-0.05, 0) is 32.4 Å². The van der Waals surface area contributed by atoms with Gasteiger partial charge in [0.15, 0.2) is 0 Å². The topological polar surface area (TPSA) is 80.5 Å². The molecule has 1 amide bonds. The molecular weight excluding hydrogens is 335 g/mol. The molecule has 2 N–H and O–H groups in total. The number of nitrogens with zero attached hydrogens (tertiary/aromatic N) is 1. The fourth-order valence-corrected chi connectivity index (χ4v) is 3.34. The highest BCUT2D eigenvalue weighted by molar-refractivity contribution is 7.89. The summed E-state index contributed by atoms with van der Waals surface area (Å²) in [6.45, 7) is 6.19. The predicted octanol–water partition coefficient (Wildman–Crippen LogP) is 2.90. The molecule has 1 atom stereocenters. The summed E-state index contributed by atoms with van der Waals surface area (Å²) >= 11 is 11.9. The van der Waals surface area contributed by atoms with Crippen molar-refractivity contribution in [2.75, 3.05) is 6.54 Å². The highest BCUT2D eigenvalue weighted by Crippen LogP contribution is 2.29. The summed E-state index contributed by atoms with van der Waals surface area (Å²) in [6.07, 6.45) is 0.771. The number of hydrogen-bond donors (Lipinski definition) is 1. The fraction of sp³-hybridized carbons (Fsp3) is 0.462. The molecule has 1 aromatic carbocycles. The first kappa shape index (κ1) is 18.2. The first-order valence-electron chi connectivity index (χ1n) is 6.46. The normalized spacial score (nSPS) is 13.0. The van der Waals surface area contributed by atoms with Crippen molar-refractivity contribution in [3.05, 3.63) is 27.7 Å². The van der Waals surface area contributed by atoms with Gasteiger partial charge in [-0.2, -0.15) is 0 Å². The molecule has 0 bridgehead atoms. The highest BCUT2D eigenvalue weighted by atomic mass is 35.5. The van der Waals surface area contributed by atoms with E-state index in [0.717, 1.165) is 12.5 Å². The summed E-state index contributed by atoms with van der Waals surface area (Å²) in [5.41, 5.74) is 0.0761. The second-order valence-electron chi connectivity index (χ2n) is 4.66. The van der Waals surface area contributed by atoms with Crippen LogP contribution < -0.4 is 5.14 Å². The minimum Gasteiger partial charge on any atom is -0.336 e. The van der Waals surface area contributed by atoms with Crippen LogP contribution in [0.2, 0.25) is 10.0 Å². The van der Waals surface area contributed by atoms with E-state index < -0.39 is 10.0 Å². The number of carbonyl (C=O) groups excluding carboxylic acids is 1. The molecule has 0 aromatic heterocycles. The van der Waals surface area contributed by atoms with Gasteiger partial charge in [-0.1, -0.05) is 30.1 Å². The van der Waals surface area contributed by atoms with Gasteiger partial charge >= 0.3 is 0 Å². The van der Waals surface area contributed by atoms with Crippen molar-refractivity contribution in [2.45, 2.75) is 38.1 Å². The molecule has 118 valence electrons. The SMILES string of the molecule is CCC(C)N(CC)C(=O)c1cc(S(N)(=O)=O)c(Cl)cc1Cl. The Kier molecular flexibility index (Phi) is 6.04. The highest BCUT2D eigenvalue weighted by Gasteiger charge is 2.24. The van der Waals surface area contributed by atoms with E-state index in [1.807, 2.05) is 20.8 Å². The molecule has 0 aliphatic rings. The fourth-order valence-electron chi connectivity index (χ4n) is 1.94. The molecular formula is C13H18Cl2N2O3S. The van der Waals surface area contributed by atoms with E-state index >= 15 is 0 Å². The molecule has 0 aliphatic carbocycles. The van der Waals surface area contributed by atoms with Crippen molar-refractivity contribution in [3.8, 4) is 0 Å². The Morgan fingerprint density at radius 1 is 1.29 bits per heavy atom. The molecule has 0 saturated heterocycles. The molecule has 0 spiro atoms. The molecule has 0 fully saturated rings. The molecule has 1 aromatic rings. The van der Waals surface area contributed by atoms with Gasteiger partial charge in [-0.25, -0.2) is 13.6 Å². The van der Waals surface area contributed by atoms with Crippen LogP contribution in [0.1, 0.15) is 37.6 Å². The maximum absolute atomic E-state index is 12.6. The number of halogens is 2. The predicted molar refractivity (Wildman–Crippen MR) is 84.3 cm³/mol. The van der Waals surface area contributed by atoms with Crippen molar-refractivity contribution in [1.29, 1.82) is 0 Å². The average Bonchev–Trinajstić information content (AvgIpc) is 2.37. The zero-order valence-electron chi connectivity index (χ0n) is 12.1. The molecule has 0 heterocycles. The quantitative estimate of drug-likeness (QED) is 0.884. The number of primary sulfonamides is 1. The zero-order chi connectivity index (χ0) is 16.4. The number of benzene rings is 1. The molecule has 0 aliphatic heterocycles. The van der Waals surface area contributed by atoms with Crippen LogP contribution >= 0.6 is 23.2 Å². The second kappa shape index (κ2) is 6.96. The Hall–Kier alpha value is -0.820. The molecule has 1 unspecified atom stereocenters. The van der Waals surface area contributed by atoms with Gasteiger partial charge in [0, 0.05) is 12.6 Å². The van der Waals surface area contributed by atoms with Gasteiger partial charge in [0.2, 0.25) is 10.0 Å². The van der Waals surface area contributed by atoms with Crippen LogP contribution in [0.3, 0.4) is 0 Å². The van der Waals surface area contributed by atoms with Crippen molar-refractivity contribution in [2.24, 2.45) is 5.14 Å². The lowest BCUT2D eigenvalue weighted by Gasteiger charge is -2.27. The number of nitrogens with two attached hydrogens (primary N) is 1. The zero-order valence-corrected chi connectivity index (χ0v) is 14.4. The number of sulfonamides is 1. The molecule has 0 saturated carbocycles. The van der Waals surface area contributed by atoms with Gasteiger partial charge in [0.05, 0.1) is 15.6 Å². The lowest BCUT2D eigenvalue weighted by atomic mass is 10.1. The Morgan fingerprint density at radius 2 is 1.86 bits per heavy atom. The minimum absolute atomic E-state index is 0.00665. The van der Waals surface area contributed by atoms with Crippen LogP contribution in [0.25, 0.3) is 0 Å². The third kappa shape index (κ3) is 4.10. The van der Waals surface area contributed by atoms with Crippen molar-refractivity contribution in [3.63, 3.8) is 0 Å². The van der Waals surface area contributed by atoms with Crippen LogP contribution in [0.4, 0.5) is 0 Å². The number of rotatable bonds is 5. The smallest absolute Gasteiger partial charge is 0.255 e. The standard InChI is InChI=1S/C13H18Cl2N2O3S/c1-4-8(3)17(5-2)13(18)9-6-12(21(16,19)20)11(15)7-10(9)14/h6-8H,4-5H2,1-3H3,(H2,16,19,20). The minimum atomic E-state index is -4.03. The van der Waals surface area contributed by atoms with E-state index in [9.17, 15) is 13.2 Å². The van der Waals surface area contributed by atoms with Gasteiger partial charge in [0.25, 0.3) is 5.91 Å². The molecule has 5 nitrogen and oxygen atoms in total. The largest absolute Gasteiger partial charge is 0.336 e. The number of hydrogen-bond acceptors (Lipinski definition) is 3. The Bertz CT molecular complexity index is 647. The lowest BCUT2D eigenvalue weighted by molar-refractivity contribution is 0.0700. The van der Waals surface area contributed by atoms with Gasteiger partial charge in [-0.15, -0.1) is 0 Å². The first-order chi connectivity index (χ1) is 9.63. The van der Waals surface area contributed by atoms with Crippen LogP contribution in [0, 0.1) is 0 Å². The maximum Gasteiger partial charge on any atom is 0.255 e. The van der Waals surface area contributed by atoms with E-state index in [1.165, 1.54) is 6.07 Å². The van der Waals surface area contributed by atoms with E-state index in [-0.39, 0.29) is 32.5 Å². The average molecular weight is 353 g/mol. The molecule has 8 heteroatoms. The third-order valence-electron chi connectivity index (χ3n) is 3.28. The van der Waals surface area contributed by atoms with Gasteiger partial charge in [0.1, 0.15) is 4.90 Å². The maximum atomic E-state index is 12.6. The lowest BCUT2D eigenvalue weighted by Crippen LogP contribution is -2.38. The van der Waals surface area contributed by atoms with E-state index in [0.29, 0.717) is 6.54 Å².